The Hall–Kier alpha value is -1.06. The van der Waals surface area contributed by atoms with Gasteiger partial charge in [-0.25, -0.2) is 0 Å². The summed E-state index contributed by atoms with van der Waals surface area (Å²) < 4.78 is 0. The highest BCUT2D eigenvalue weighted by Crippen LogP contribution is 2.57. The lowest BCUT2D eigenvalue weighted by atomic mass is 10.1. The minimum atomic E-state index is -0.737. The number of nitrogens with zero attached hydrogens (tertiary/aromatic N) is 1. The van der Waals surface area contributed by atoms with Crippen LogP contribution in [0.3, 0.4) is 0 Å². The Kier molecular flexibility index (Phi) is 2.44. The number of oxime groups is 1. The average Bonchev–Trinajstić information content (AvgIpc) is 2.98. The predicted molar refractivity (Wildman–Crippen MR) is 55.6 cm³/mol. The van der Waals surface area contributed by atoms with E-state index >= 15 is 0 Å². The number of carbonyl (C=O) groups is 1. The van der Waals surface area contributed by atoms with Gasteiger partial charge in [0, 0.05) is 12.1 Å². The van der Waals surface area contributed by atoms with Crippen LogP contribution in [0.5, 0.6) is 0 Å². The van der Waals surface area contributed by atoms with E-state index < -0.39 is 5.97 Å². The number of hydrogen-bond acceptors (Lipinski definition) is 3. The van der Waals surface area contributed by atoms with Crippen LogP contribution in [0.1, 0.15) is 26.7 Å². The molecule has 0 bridgehead atoms. The van der Waals surface area contributed by atoms with Gasteiger partial charge in [0.05, 0.1) is 5.92 Å². The summed E-state index contributed by atoms with van der Waals surface area (Å²) in [6, 6.07) is 0. The van der Waals surface area contributed by atoms with Gasteiger partial charge >= 0.3 is 5.97 Å². The summed E-state index contributed by atoms with van der Waals surface area (Å²) in [4.78, 5) is 15.9. The van der Waals surface area contributed by atoms with Gasteiger partial charge in [-0.1, -0.05) is 19.0 Å². The van der Waals surface area contributed by atoms with Gasteiger partial charge in [-0.2, -0.15) is 0 Å². The second-order valence-electron chi connectivity index (χ2n) is 5.16. The Morgan fingerprint density at radius 1 is 1.60 bits per heavy atom. The molecule has 84 valence electrons. The SMILES string of the molecule is CC1(C)[C@H](C=NOCC2CC2)[C@H]1C(=O)O. The lowest BCUT2D eigenvalue weighted by Gasteiger charge is -1.97. The summed E-state index contributed by atoms with van der Waals surface area (Å²) in [5.74, 6) is -0.330. The number of carboxylic acid groups (broad SMARTS) is 1. The molecule has 2 saturated carbocycles. The number of hydrogen-bond donors (Lipinski definition) is 1. The zero-order valence-electron chi connectivity index (χ0n) is 9.14. The van der Waals surface area contributed by atoms with E-state index in [2.05, 4.69) is 5.16 Å². The van der Waals surface area contributed by atoms with Gasteiger partial charge in [-0.15, -0.1) is 0 Å². The summed E-state index contributed by atoms with van der Waals surface area (Å²) in [5.41, 5.74) is -0.168. The highest BCUT2D eigenvalue weighted by atomic mass is 16.6. The molecule has 1 N–H and O–H groups in total. The molecule has 0 aromatic carbocycles. The Labute approximate surface area is 89.3 Å². The third kappa shape index (κ3) is 2.13. The Balaban J connectivity index is 1.77. The molecule has 2 rings (SSSR count). The van der Waals surface area contributed by atoms with Crippen molar-refractivity contribution in [2.75, 3.05) is 6.61 Å². The molecule has 0 saturated heterocycles. The summed E-state index contributed by atoms with van der Waals surface area (Å²) in [6.45, 7) is 4.58. The van der Waals surface area contributed by atoms with Crippen LogP contribution in [0.15, 0.2) is 5.16 Å². The third-order valence-corrected chi connectivity index (χ3v) is 3.48. The zero-order chi connectivity index (χ0) is 11.1. The van der Waals surface area contributed by atoms with Crippen LogP contribution in [-0.2, 0) is 9.63 Å². The minimum absolute atomic E-state index is 0.0224. The van der Waals surface area contributed by atoms with Crippen molar-refractivity contribution in [1.29, 1.82) is 0 Å². The van der Waals surface area contributed by atoms with Gasteiger partial charge in [0.25, 0.3) is 0 Å². The van der Waals surface area contributed by atoms with Gasteiger partial charge < -0.3 is 9.94 Å². The van der Waals surface area contributed by atoms with Crippen LogP contribution in [0.4, 0.5) is 0 Å². The molecule has 0 aromatic heterocycles. The maximum atomic E-state index is 10.8. The fourth-order valence-corrected chi connectivity index (χ4v) is 1.97. The summed E-state index contributed by atoms with van der Waals surface area (Å²) in [6.07, 6.45) is 4.13. The summed E-state index contributed by atoms with van der Waals surface area (Å²) >= 11 is 0. The zero-order valence-corrected chi connectivity index (χ0v) is 9.14. The van der Waals surface area contributed by atoms with E-state index in [1.807, 2.05) is 13.8 Å². The van der Waals surface area contributed by atoms with Crippen LogP contribution in [0.25, 0.3) is 0 Å². The summed E-state index contributed by atoms with van der Waals surface area (Å²) in [5, 5.41) is 12.8. The molecule has 0 spiro atoms. The van der Waals surface area contributed by atoms with Gasteiger partial charge in [0.2, 0.25) is 0 Å². The molecule has 15 heavy (non-hydrogen) atoms. The third-order valence-electron chi connectivity index (χ3n) is 3.48. The Morgan fingerprint density at radius 2 is 2.27 bits per heavy atom. The molecule has 4 nitrogen and oxygen atoms in total. The van der Waals surface area contributed by atoms with Crippen molar-refractivity contribution in [3.63, 3.8) is 0 Å². The number of carboxylic acids is 1. The molecule has 2 aliphatic carbocycles. The highest BCUT2D eigenvalue weighted by molar-refractivity contribution is 5.84. The maximum Gasteiger partial charge on any atom is 0.307 e. The second kappa shape index (κ2) is 3.51. The largest absolute Gasteiger partial charge is 0.481 e. The molecule has 4 heteroatoms. The van der Waals surface area contributed by atoms with Gasteiger partial charge in [0.1, 0.15) is 6.61 Å². The molecule has 0 radical (unpaired) electrons. The van der Waals surface area contributed by atoms with Gasteiger partial charge in [-0.3, -0.25) is 4.79 Å². The van der Waals surface area contributed by atoms with E-state index in [9.17, 15) is 4.79 Å². The first-order chi connectivity index (χ1) is 7.03. The number of rotatable bonds is 5. The Bertz CT molecular complexity index is 294. The first-order valence-electron chi connectivity index (χ1n) is 5.41. The monoisotopic (exact) mass is 211 g/mol. The molecule has 2 atom stereocenters. The normalized spacial score (nSPS) is 32.9. The van der Waals surface area contributed by atoms with Crippen molar-refractivity contribution in [2.45, 2.75) is 26.7 Å². The van der Waals surface area contributed by atoms with Crippen molar-refractivity contribution in [2.24, 2.45) is 28.3 Å². The van der Waals surface area contributed by atoms with Crippen molar-refractivity contribution >= 4 is 12.2 Å². The van der Waals surface area contributed by atoms with E-state index in [1.165, 1.54) is 12.8 Å². The highest BCUT2D eigenvalue weighted by Gasteiger charge is 2.61. The lowest BCUT2D eigenvalue weighted by molar-refractivity contribution is -0.139. The topological polar surface area (TPSA) is 58.9 Å². The van der Waals surface area contributed by atoms with Crippen molar-refractivity contribution in [3.05, 3.63) is 0 Å². The molecule has 0 amide bonds. The molecular formula is C11H17NO3. The number of aliphatic carboxylic acids is 1. The van der Waals surface area contributed by atoms with Crippen LogP contribution in [0.2, 0.25) is 0 Å². The van der Waals surface area contributed by atoms with Gasteiger partial charge in [0.15, 0.2) is 0 Å². The lowest BCUT2D eigenvalue weighted by Crippen LogP contribution is -2.03. The maximum absolute atomic E-state index is 10.8. The van der Waals surface area contributed by atoms with E-state index in [-0.39, 0.29) is 17.3 Å². The van der Waals surface area contributed by atoms with E-state index in [1.54, 1.807) is 6.21 Å². The predicted octanol–water partition coefficient (Wildman–Crippen LogP) is 1.76. The Morgan fingerprint density at radius 3 is 2.73 bits per heavy atom. The molecule has 2 aliphatic rings. The van der Waals surface area contributed by atoms with E-state index in [0.717, 1.165) is 0 Å². The smallest absolute Gasteiger partial charge is 0.307 e. The van der Waals surface area contributed by atoms with Crippen LogP contribution >= 0.6 is 0 Å². The standard InChI is InChI=1S/C11H17NO3/c1-11(2)8(9(11)10(13)14)5-12-15-6-7-3-4-7/h5,7-9H,3-4,6H2,1-2H3,(H,13,14)/t8-,9+/m1/s1. The average molecular weight is 211 g/mol. The first-order valence-corrected chi connectivity index (χ1v) is 5.41. The fraction of sp³-hybridized carbons (Fsp3) is 0.818. The fourth-order valence-electron chi connectivity index (χ4n) is 1.97. The van der Waals surface area contributed by atoms with E-state index in [0.29, 0.717) is 12.5 Å². The molecule has 2 fully saturated rings. The molecule has 0 unspecified atom stereocenters. The molecular weight excluding hydrogens is 194 g/mol. The van der Waals surface area contributed by atoms with Crippen molar-refractivity contribution in [3.8, 4) is 0 Å². The second-order valence-corrected chi connectivity index (χ2v) is 5.16. The molecule has 0 aliphatic heterocycles. The van der Waals surface area contributed by atoms with E-state index in [4.69, 9.17) is 9.94 Å². The molecule has 0 heterocycles. The van der Waals surface area contributed by atoms with Gasteiger partial charge in [-0.05, 0) is 24.2 Å². The summed E-state index contributed by atoms with van der Waals surface area (Å²) in [7, 11) is 0. The van der Waals surface area contributed by atoms with Crippen molar-refractivity contribution in [1.82, 2.24) is 0 Å². The van der Waals surface area contributed by atoms with Crippen molar-refractivity contribution < 1.29 is 14.7 Å². The quantitative estimate of drug-likeness (QED) is 0.556. The van der Waals surface area contributed by atoms with Crippen LogP contribution in [0, 0.1) is 23.2 Å². The van der Waals surface area contributed by atoms with Crippen LogP contribution < -0.4 is 0 Å². The first kappa shape index (κ1) is 10.5. The molecule has 0 aromatic rings. The van der Waals surface area contributed by atoms with Crippen LogP contribution in [-0.4, -0.2) is 23.9 Å². The minimum Gasteiger partial charge on any atom is -0.481 e.